The van der Waals surface area contributed by atoms with Crippen LogP contribution in [0.25, 0.3) is 0 Å². The quantitative estimate of drug-likeness (QED) is 0.429. The summed E-state index contributed by atoms with van der Waals surface area (Å²) in [5.41, 5.74) is 3.31. The topological polar surface area (TPSA) is 21.7 Å². The zero-order chi connectivity index (χ0) is 18.9. The van der Waals surface area contributed by atoms with E-state index in [0.29, 0.717) is 13.2 Å². The van der Waals surface area contributed by atoms with Gasteiger partial charge in [-0.1, -0.05) is 42.5 Å². The lowest BCUT2D eigenvalue weighted by atomic mass is 10.2. The number of para-hydroxylation sites is 2. The molecule has 3 rings (SSSR count). The van der Waals surface area contributed by atoms with Crippen molar-refractivity contribution in [3.63, 3.8) is 0 Å². The third-order valence-electron chi connectivity index (χ3n) is 4.11. The lowest BCUT2D eigenvalue weighted by molar-refractivity contribution is 0.0494. The van der Waals surface area contributed by atoms with Crippen molar-refractivity contribution in [2.24, 2.45) is 0 Å². The Kier molecular flexibility index (Phi) is 6.66. The second-order valence-electron chi connectivity index (χ2n) is 6.24. The fraction of sp³-hybridized carbons (Fsp3) is 0.167. The molecule has 1 atom stereocenters. The maximum atomic E-state index is 5.83. The van der Waals surface area contributed by atoms with Crippen LogP contribution in [0.3, 0.4) is 0 Å². The fourth-order valence-corrected chi connectivity index (χ4v) is 2.79. The molecular weight excluding hydrogens is 334 g/mol. The molecule has 3 nitrogen and oxygen atoms in total. The van der Waals surface area contributed by atoms with Gasteiger partial charge in [0.1, 0.15) is 12.4 Å². The van der Waals surface area contributed by atoms with Crippen LogP contribution >= 0.6 is 0 Å². The van der Waals surface area contributed by atoms with Crippen LogP contribution in [0.5, 0.6) is 5.75 Å². The highest BCUT2D eigenvalue weighted by Crippen LogP contribution is 2.34. The van der Waals surface area contributed by atoms with E-state index < -0.39 is 0 Å². The standard InChI is InChI=1S/C24H25NO2/c1-3-18-26-20(2)19-27-24-16-14-23(15-17-24)25(21-10-6-4-7-11-21)22-12-8-5-9-13-22/h3-17,20H,1,18-19H2,2H3. The summed E-state index contributed by atoms with van der Waals surface area (Å²) in [5, 5.41) is 0. The number of nitrogens with zero attached hydrogens (tertiary/aromatic N) is 1. The molecule has 3 heteroatoms. The van der Waals surface area contributed by atoms with E-state index in [1.807, 2.05) is 55.5 Å². The van der Waals surface area contributed by atoms with E-state index in [2.05, 4.69) is 47.9 Å². The highest BCUT2D eigenvalue weighted by molar-refractivity contribution is 5.76. The molecule has 0 saturated heterocycles. The van der Waals surface area contributed by atoms with Gasteiger partial charge < -0.3 is 14.4 Å². The molecule has 0 aliphatic rings. The summed E-state index contributed by atoms with van der Waals surface area (Å²) >= 11 is 0. The Labute approximate surface area is 161 Å². The van der Waals surface area contributed by atoms with Gasteiger partial charge >= 0.3 is 0 Å². The van der Waals surface area contributed by atoms with E-state index in [4.69, 9.17) is 9.47 Å². The Bertz CT molecular complexity index is 777. The van der Waals surface area contributed by atoms with Crippen LogP contribution in [0.1, 0.15) is 6.92 Å². The lowest BCUT2D eigenvalue weighted by Gasteiger charge is -2.25. The van der Waals surface area contributed by atoms with Crippen molar-refractivity contribution < 1.29 is 9.47 Å². The van der Waals surface area contributed by atoms with Gasteiger partial charge in [0.05, 0.1) is 12.7 Å². The average molecular weight is 359 g/mol. The molecule has 0 N–H and O–H groups in total. The molecule has 0 radical (unpaired) electrons. The summed E-state index contributed by atoms with van der Waals surface area (Å²) in [7, 11) is 0. The SMILES string of the molecule is C=CCOC(C)COc1ccc(N(c2ccccc2)c2ccccc2)cc1. The molecule has 0 aliphatic heterocycles. The Morgan fingerprint density at radius 3 is 1.85 bits per heavy atom. The van der Waals surface area contributed by atoms with Crippen LogP contribution in [-0.2, 0) is 4.74 Å². The summed E-state index contributed by atoms with van der Waals surface area (Å²) in [6, 6.07) is 28.8. The van der Waals surface area contributed by atoms with Crippen LogP contribution in [-0.4, -0.2) is 19.3 Å². The van der Waals surface area contributed by atoms with Gasteiger partial charge in [0.2, 0.25) is 0 Å². The van der Waals surface area contributed by atoms with Crippen molar-refractivity contribution in [1.29, 1.82) is 0 Å². The first-order valence-electron chi connectivity index (χ1n) is 9.13. The Hall–Kier alpha value is -3.04. The van der Waals surface area contributed by atoms with Crippen LogP contribution in [0.15, 0.2) is 97.6 Å². The minimum Gasteiger partial charge on any atom is -0.491 e. The Morgan fingerprint density at radius 1 is 0.815 bits per heavy atom. The highest BCUT2D eigenvalue weighted by Gasteiger charge is 2.12. The number of hydrogen-bond donors (Lipinski definition) is 0. The maximum Gasteiger partial charge on any atom is 0.119 e. The van der Waals surface area contributed by atoms with Crippen LogP contribution in [0.4, 0.5) is 17.1 Å². The molecule has 0 aliphatic carbocycles. The number of ether oxygens (including phenoxy) is 2. The molecule has 0 saturated carbocycles. The molecule has 0 bridgehead atoms. The summed E-state index contributed by atoms with van der Waals surface area (Å²) in [5.74, 6) is 0.828. The van der Waals surface area contributed by atoms with Crippen molar-refractivity contribution in [2.45, 2.75) is 13.0 Å². The van der Waals surface area contributed by atoms with Crippen molar-refractivity contribution in [1.82, 2.24) is 0 Å². The minimum atomic E-state index is 0.0211. The van der Waals surface area contributed by atoms with Gasteiger partial charge in [-0.15, -0.1) is 6.58 Å². The second-order valence-corrected chi connectivity index (χ2v) is 6.24. The van der Waals surface area contributed by atoms with Crippen LogP contribution in [0, 0.1) is 0 Å². The molecular formula is C24H25NO2. The van der Waals surface area contributed by atoms with E-state index in [0.717, 1.165) is 22.8 Å². The van der Waals surface area contributed by atoms with Gasteiger partial charge in [0.15, 0.2) is 0 Å². The molecule has 138 valence electrons. The van der Waals surface area contributed by atoms with Crippen molar-refractivity contribution in [3.8, 4) is 5.75 Å². The number of hydrogen-bond acceptors (Lipinski definition) is 3. The van der Waals surface area contributed by atoms with Gasteiger partial charge in [-0.2, -0.15) is 0 Å². The lowest BCUT2D eigenvalue weighted by Crippen LogP contribution is -2.18. The zero-order valence-corrected chi connectivity index (χ0v) is 15.6. The molecule has 27 heavy (non-hydrogen) atoms. The van der Waals surface area contributed by atoms with E-state index in [-0.39, 0.29) is 6.10 Å². The number of anilines is 3. The molecule has 0 heterocycles. The van der Waals surface area contributed by atoms with Crippen molar-refractivity contribution in [2.75, 3.05) is 18.1 Å². The molecule has 3 aromatic carbocycles. The second kappa shape index (κ2) is 9.60. The van der Waals surface area contributed by atoms with E-state index in [1.165, 1.54) is 0 Å². The third-order valence-corrected chi connectivity index (χ3v) is 4.11. The van der Waals surface area contributed by atoms with Crippen LogP contribution < -0.4 is 9.64 Å². The van der Waals surface area contributed by atoms with Gasteiger partial charge in [0, 0.05) is 17.1 Å². The van der Waals surface area contributed by atoms with E-state index >= 15 is 0 Å². The molecule has 0 amide bonds. The monoisotopic (exact) mass is 359 g/mol. The Balaban J connectivity index is 1.77. The molecule has 0 aromatic heterocycles. The first-order chi connectivity index (χ1) is 13.3. The van der Waals surface area contributed by atoms with Gasteiger partial charge in [-0.05, 0) is 55.5 Å². The molecule has 0 spiro atoms. The number of benzene rings is 3. The minimum absolute atomic E-state index is 0.0211. The predicted molar refractivity (Wildman–Crippen MR) is 112 cm³/mol. The molecule has 3 aromatic rings. The normalized spacial score (nSPS) is 11.6. The average Bonchev–Trinajstić information content (AvgIpc) is 2.73. The van der Waals surface area contributed by atoms with E-state index in [1.54, 1.807) is 6.08 Å². The maximum absolute atomic E-state index is 5.83. The molecule has 1 unspecified atom stereocenters. The Morgan fingerprint density at radius 2 is 1.33 bits per heavy atom. The summed E-state index contributed by atoms with van der Waals surface area (Å²) < 4.78 is 11.4. The van der Waals surface area contributed by atoms with Gasteiger partial charge in [-0.3, -0.25) is 0 Å². The summed E-state index contributed by atoms with van der Waals surface area (Å²) in [6.07, 6.45) is 1.76. The predicted octanol–water partition coefficient (Wildman–Crippen LogP) is 6.13. The van der Waals surface area contributed by atoms with E-state index in [9.17, 15) is 0 Å². The van der Waals surface area contributed by atoms with Gasteiger partial charge in [0.25, 0.3) is 0 Å². The smallest absolute Gasteiger partial charge is 0.119 e. The largest absolute Gasteiger partial charge is 0.491 e. The first kappa shape index (κ1) is 18.7. The van der Waals surface area contributed by atoms with Gasteiger partial charge in [-0.25, -0.2) is 0 Å². The molecule has 0 fully saturated rings. The fourth-order valence-electron chi connectivity index (χ4n) is 2.79. The zero-order valence-electron chi connectivity index (χ0n) is 15.6. The highest BCUT2D eigenvalue weighted by atomic mass is 16.5. The number of rotatable bonds is 9. The van der Waals surface area contributed by atoms with Crippen LogP contribution in [0.2, 0.25) is 0 Å². The van der Waals surface area contributed by atoms with Crippen molar-refractivity contribution >= 4 is 17.1 Å². The summed E-state index contributed by atoms with van der Waals surface area (Å²) in [6.45, 7) is 6.69. The van der Waals surface area contributed by atoms with Crippen molar-refractivity contribution in [3.05, 3.63) is 97.6 Å². The first-order valence-corrected chi connectivity index (χ1v) is 9.13. The third kappa shape index (κ3) is 5.22. The summed E-state index contributed by atoms with van der Waals surface area (Å²) in [4.78, 5) is 2.22.